The molecule has 1 aliphatic rings. The van der Waals surface area contributed by atoms with E-state index in [4.69, 9.17) is 4.74 Å². The van der Waals surface area contributed by atoms with Crippen molar-refractivity contribution in [3.05, 3.63) is 12.2 Å². The lowest BCUT2D eigenvalue weighted by atomic mass is 9.83. The fourth-order valence-corrected chi connectivity index (χ4v) is 2.25. The Bertz CT molecular complexity index is 183. The van der Waals surface area contributed by atoms with Gasteiger partial charge in [0, 0.05) is 13.7 Å². The van der Waals surface area contributed by atoms with Gasteiger partial charge in [-0.15, -0.1) is 0 Å². The number of rotatable bonds is 7. The van der Waals surface area contributed by atoms with Gasteiger partial charge in [0.15, 0.2) is 0 Å². The minimum atomic E-state index is 0.810. The Morgan fingerprint density at radius 1 is 1.19 bits per heavy atom. The molecule has 1 rings (SSSR count). The molecular weight excluding hydrogens is 198 g/mol. The molecule has 16 heavy (non-hydrogen) atoms. The molecular formula is C14H27NO. The molecule has 94 valence electrons. The molecule has 1 N–H and O–H groups in total. The zero-order chi connectivity index (χ0) is 11.6. The van der Waals surface area contributed by atoms with Crippen LogP contribution in [0.5, 0.6) is 0 Å². The highest BCUT2D eigenvalue weighted by atomic mass is 16.5. The summed E-state index contributed by atoms with van der Waals surface area (Å²) in [6.07, 6.45) is 11.6. The summed E-state index contributed by atoms with van der Waals surface area (Å²) in [4.78, 5) is 0. The third-order valence-corrected chi connectivity index (χ3v) is 3.44. The van der Waals surface area contributed by atoms with Crippen LogP contribution in [0, 0.1) is 11.8 Å². The van der Waals surface area contributed by atoms with Gasteiger partial charge in [-0.3, -0.25) is 0 Å². The van der Waals surface area contributed by atoms with Crippen molar-refractivity contribution < 1.29 is 4.74 Å². The van der Waals surface area contributed by atoms with Gasteiger partial charge in [-0.05, 0) is 37.6 Å². The van der Waals surface area contributed by atoms with Gasteiger partial charge in [-0.1, -0.05) is 31.9 Å². The number of allylic oxidation sites excluding steroid dienone is 1. The van der Waals surface area contributed by atoms with Crippen LogP contribution in [0.15, 0.2) is 12.2 Å². The molecule has 2 nitrogen and oxygen atoms in total. The highest BCUT2D eigenvalue weighted by Gasteiger charge is 2.15. The zero-order valence-electron chi connectivity index (χ0n) is 10.9. The van der Waals surface area contributed by atoms with Crippen LogP contribution in [0.3, 0.4) is 0 Å². The van der Waals surface area contributed by atoms with Gasteiger partial charge in [0.2, 0.25) is 0 Å². The maximum absolute atomic E-state index is 4.97. The molecule has 0 radical (unpaired) electrons. The van der Waals surface area contributed by atoms with Gasteiger partial charge in [0.25, 0.3) is 0 Å². The molecule has 0 aromatic heterocycles. The van der Waals surface area contributed by atoms with E-state index in [0.717, 1.165) is 38.0 Å². The number of hydrogen-bond acceptors (Lipinski definition) is 2. The van der Waals surface area contributed by atoms with E-state index in [1.807, 2.05) is 0 Å². The summed E-state index contributed by atoms with van der Waals surface area (Å²) >= 11 is 0. The number of ether oxygens (including phenoxy) is 1. The lowest BCUT2D eigenvalue weighted by Gasteiger charge is -2.23. The Balaban J connectivity index is 1.95. The molecule has 0 unspecified atom stereocenters. The molecule has 2 heteroatoms. The van der Waals surface area contributed by atoms with Gasteiger partial charge in [0.05, 0.1) is 6.61 Å². The summed E-state index contributed by atoms with van der Waals surface area (Å²) in [6, 6.07) is 0. The third kappa shape index (κ3) is 6.29. The SMILES string of the molecule is COCCNCCC=CC1CCC(C)CC1. The highest BCUT2D eigenvalue weighted by molar-refractivity contribution is 4.90. The van der Waals surface area contributed by atoms with Crippen molar-refractivity contribution in [2.45, 2.75) is 39.0 Å². The quantitative estimate of drug-likeness (QED) is 0.531. The van der Waals surface area contributed by atoms with E-state index < -0.39 is 0 Å². The molecule has 0 spiro atoms. The first kappa shape index (κ1) is 13.7. The maximum Gasteiger partial charge on any atom is 0.0587 e. The minimum Gasteiger partial charge on any atom is -0.383 e. The first-order valence-electron chi connectivity index (χ1n) is 6.69. The monoisotopic (exact) mass is 225 g/mol. The van der Waals surface area contributed by atoms with E-state index in [9.17, 15) is 0 Å². The Morgan fingerprint density at radius 2 is 1.94 bits per heavy atom. The minimum absolute atomic E-state index is 0.810. The van der Waals surface area contributed by atoms with Crippen LogP contribution in [0.25, 0.3) is 0 Å². The van der Waals surface area contributed by atoms with E-state index >= 15 is 0 Å². The molecule has 0 saturated heterocycles. The fraction of sp³-hybridized carbons (Fsp3) is 0.857. The normalized spacial score (nSPS) is 26.4. The molecule has 0 aromatic rings. The van der Waals surface area contributed by atoms with Gasteiger partial charge >= 0.3 is 0 Å². The van der Waals surface area contributed by atoms with Crippen molar-refractivity contribution in [2.75, 3.05) is 26.8 Å². The second kappa shape index (κ2) is 8.77. The van der Waals surface area contributed by atoms with Crippen LogP contribution in [-0.4, -0.2) is 26.8 Å². The van der Waals surface area contributed by atoms with Crippen LogP contribution in [0.2, 0.25) is 0 Å². The molecule has 0 aliphatic heterocycles. The summed E-state index contributed by atoms with van der Waals surface area (Å²) < 4.78 is 4.97. The number of nitrogens with one attached hydrogen (secondary N) is 1. The van der Waals surface area contributed by atoms with Crippen LogP contribution in [0.1, 0.15) is 39.0 Å². The standard InChI is InChI=1S/C14H27NO/c1-13-6-8-14(9-7-13)5-3-4-10-15-11-12-16-2/h3,5,13-15H,4,6-12H2,1-2H3. The lowest BCUT2D eigenvalue weighted by Crippen LogP contribution is -2.19. The first-order chi connectivity index (χ1) is 7.83. The largest absolute Gasteiger partial charge is 0.383 e. The van der Waals surface area contributed by atoms with Crippen molar-refractivity contribution in [3.63, 3.8) is 0 Å². The number of hydrogen-bond donors (Lipinski definition) is 1. The summed E-state index contributed by atoms with van der Waals surface area (Å²) in [7, 11) is 1.74. The second-order valence-corrected chi connectivity index (χ2v) is 4.98. The Kier molecular flexibility index (Phi) is 7.52. The van der Waals surface area contributed by atoms with Crippen LogP contribution < -0.4 is 5.32 Å². The van der Waals surface area contributed by atoms with E-state index in [1.165, 1.54) is 25.7 Å². The first-order valence-corrected chi connectivity index (χ1v) is 6.69. The van der Waals surface area contributed by atoms with Crippen molar-refractivity contribution in [2.24, 2.45) is 11.8 Å². The molecule has 0 aromatic carbocycles. The molecule has 0 amide bonds. The second-order valence-electron chi connectivity index (χ2n) is 4.98. The molecule has 1 fully saturated rings. The lowest BCUT2D eigenvalue weighted by molar-refractivity contribution is 0.199. The zero-order valence-corrected chi connectivity index (χ0v) is 10.9. The van der Waals surface area contributed by atoms with Gasteiger partial charge < -0.3 is 10.1 Å². The topological polar surface area (TPSA) is 21.3 Å². The van der Waals surface area contributed by atoms with E-state index in [2.05, 4.69) is 24.4 Å². The average molecular weight is 225 g/mol. The predicted octanol–water partition coefficient (Wildman–Crippen LogP) is 3.00. The van der Waals surface area contributed by atoms with Crippen molar-refractivity contribution in [1.82, 2.24) is 5.32 Å². The number of methoxy groups -OCH3 is 1. The Hall–Kier alpha value is -0.340. The van der Waals surface area contributed by atoms with Crippen LogP contribution in [-0.2, 0) is 4.74 Å². The summed E-state index contributed by atoms with van der Waals surface area (Å²) in [6.45, 7) is 5.22. The van der Waals surface area contributed by atoms with E-state index in [-0.39, 0.29) is 0 Å². The smallest absolute Gasteiger partial charge is 0.0587 e. The van der Waals surface area contributed by atoms with Crippen molar-refractivity contribution in [3.8, 4) is 0 Å². The van der Waals surface area contributed by atoms with Gasteiger partial charge in [-0.2, -0.15) is 0 Å². The highest BCUT2D eigenvalue weighted by Crippen LogP contribution is 2.28. The molecule has 0 bridgehead atoms. The van der Waals surface area contributed by atoms with E-state index in [0.29, 0.717) is 0 Å². The summed E-state index contributed by atoms with van der Waals surface area (Å²) in [5.41, 5.74) is 0. The van der Waals surface area contributed by atoms with E-state index in [1.54, 1.807) is 7.11 Å². The molecule has 0 atom stereocenters. The van der Waals surface area contributed by atoms with Gasteiger partial charge in [-0.25, -0.2) is 0 Å². The Labute approximate surface area is 100 Å². The summed E-state index contributed by atoms with van der Waals surface area (Å²) in [5.74, 6) is 1.82. The fourth-order valence-electron chi connectivity index (χ4n) is 2.25. The van der Waals surface area contributed by atoms with Gasteiger partial charge in [0.1, 0.15) is 0 Å². The molecule has 1 aliphatic carbocycles. The van der Waals surface area contributed by atoms with Crippen molar-refractivity contribution >= 4 is 0 Å². The summed E-state index contributed by atoms with van der Waals surface area (Å²) in [5, 5.41) is 3.35. The van der Waals surface area contributed by atoms with Crippen molar-refractivity contribution in [1.29, 1.82) is 0 Å². The van der Waals surface area contributed by atoms with Crippen LogP contribution in [0.4, 0.5) is 0 Å². The maximum atomic E-state index is 4.97. The third-order valence-electron chi connectivity index (χ3n) is 3.44. The average Bonchev–Trinajstić information content (AvgIpc) is 2.30. The Morgan fingerprint density at radius 3 is 2.62 bits per heavy atom. The predicted molar refractivity (Wildman–Crippen MR) is 69.6 cm³/mol. The molecule has 0 heterocycles. The molecule has 1 saturated carbocycles. The van der Waals surface area contributed by atoms with Crippen LogP contribution >= 0.6 is 0 Å².